The summed E-state index contributed by atoms with van der Waals surface area (Å²) in [6, 6.07) is 16.0. The van der Waals surface area contributed by atoms with Crippen molar-refractivity contribution in [1.82, 2.24) is 4.98 Å². The van der Waals surface area contributed by atoms with Crippen molar-refractivity contribution in [1.29, 1.82) is 0 Å². The van der Waals surface area contributed by atoms with E-state index in [2.05, 4.69) is 44.4 Å². The lowest BCUT2D eigenvalue weighted by atomic mass is 10.1. The summed E-state index contributed by atoms with van der Waals surface area (Å²) in [4.78, 5) is 6.78. The number of para-hydroxylation sites is 1. The number of aromatic nitrogens is 1. The predicted octanol–water partition coefficient (Wildman–Crippen LogP) is 5.77. The fourth-order valence-corrected chi connectivity index (χ4v) is 3.46. The van der Waals surface area contributed by atoms with Gasteiger partial charge in [-0.15, -0.1) is 0 Å². The van der Waals surface area contributed by atoms with Gasteiger partial charge in [0.1, 0.15) is 0 Å². The van der Waals surface area contributed by atoms with Crippen LogP contribution in [0, 0.1) is 0 Å². The summed E-state index contributed by atoms with van der Waals surface area (Å²) in [5, 5.41) is 10.5. The average Bonchev–Trinajstić information content (AvgIpc) is 3.16. The standard InChI is InChI=1S/C20H19ClN4/c21-16-7-8-17-18(9-10-22-19(17)13-16)24-23-14-15-5-1-2-6-20(15)25-11-3-4-12-25/h1-2,5-10,13H,3-4,11-12,14H2. The van der Waals surface area contributed by atoms with E-state index in [4.69, 9.17) is 11.6 Å². The Morgan fingerprint density at radius 3 is 2.76 bits per heavy atom. The molecule has 1 saturated heterocycles. The van der Waals surface area contributed by atoms with Crippen molar-refractivity contribution in [2.75, 3.05) is 18.0 Å². The van der Waals surface area contributed by atoms with Crippen LogP contribution in [-0.4, -0.2) is 18.1 Å². The molecule has 0 spiro atoms. The van der Waals surface area contributed by atoms with E-state index < -0.39 is 0 Å². The van der Waals surface area contributed by atoms with Gasteiger partial charge in [0.2, 0.25) is 0 Å². The van der Waals surface area contributed by atoms with Gasteiger partial charge in [0, 0.05) is 35.4 Å². The Labute approximate surface area is 152 Å². The summed E-state index contributed by atoms with van der Waals surface area (Å²) >= 11 is 6.04. The van der Waals surface area contributed by atoms with Crippen LogP contribution >= 0.6 is 11.6 Å². The second-order valence-corrected chi connectivity index (χ2v) is 6.65. The Bertz CT molecular complexity index is 916. The van der Waals surface area contributed by atoms with Crippen LogP contribution in [0.25, 0.3) is 10.9 Å². The maximum Gasteiger partial charge on any atom is 0.0961 e. The minimum absolute atomic E-state index is 0.573. The van der Waals surface area contributed by atoms with Gasteiger partial charge in [-0.25, -0.2) is 0 Å². The van der Waals surface area contributed by atoms with Gasteiger partial charge in [0.15, 0.2) is 0 Å². The van der Waals surface area contributed by atoms with Crippen LogP contribution in [-0.2, 0) is 6.54 Å². The minimum Gasteiger partial charge on any atom is -0.371 e. The lowest BCUT2D eigenvalue weighted by Crippen LogP contribution is -2.18. The van der Waals surface area contributed by atoms with Gasteiger partial charge in [-0.2, -0.15) is 10.2 Å². The summed E-state index contributed by atoms with van der Waals surface area (Å²) in [7, 11) is 0. The number of nitrogens with zero attached hydrogens (tertiary/aromatic N) is 4. The fourth-order valence-electron chi connectivity index (χ4n) is 3.29. The molecule has 0 radical (unpaired) electrons. The van der Waals surface area contributed by atoms with Crippen molar-refractivity contribution in [3.8, 4) is 0 Å². The van der Waals surface area contributed by atoms with Crippen LogP contribution in [0.15, 0.2) is 65.0 Å². The highest BCUT2D eigenvalue weighted by atomic mass is 35.5. The van der Waals surface area contributed by atoms with Crippen LogP contribution in [0.2, 0.25) is 5.02 Å². The number of anilines is 1. The molecule has 4 nitrogen and oxygen atoms in total. The molecule has 0 saturated carbocycles. The highest BCUT2D eigenvalue weighted by Gasteiger charge is 2.14. The third-order valence-corrected chi connectivity index (χ3v) is 4.77. The van der Waals surface area contributed by atoms with E-state index in [-0.39, 0.29) is 0 Å². The van der Waals surface area contributed by atoms with Crippen molar-refractivity contribution < 1.29 is 0 Å². The molecule has 2 heterocycles. The first kappa shape index (κ1) is 16.0. The first-order chi connectivity index (χ1) is 12.3. The number of hydrogen-bond acceptors (Lipinski definition) is 4. The zero-order valence-corrected chi connectivity index (χ0v) is 14.7. The monoisotopic (exact) mass is 350 g/mol. The highest BCUT2D eigenvalue weighted by molar-refractivity contribution is 6.31. The molecule has 1 fully saturated rings. The number of halogens is 1. The molecule has 0 bridgehead atoms. The number of rotatable bonds is 4. The fraction of sp³-hybridized carbons (Fsp3) is 0.250. The molecular weight excluding hydrogens is 332 g/mol. The molecule has 3 aromatic rings. The molecule has 0 aliphatic carbocycles. The van der Waals surface area contributed by atoms with Crippen molar-refractivity contribution >= 4 is 33.9 Å². The lowest BCUT2D eigenvalue weighted by Gasteiger charge is -2.20. The summed E-state index contributed by atoms with van der Waals surface area (Å²) in [6.45, 7) is 2.83. The number of azo groups is 1. The SMILES string of the molecule is Clc1ccc2c(N=NCc3ccccc3N3CCCC3)ccnc2c1. The first-order valence-electron chi connectivity index (χ1n) is 8.56. The zero-order chi connectivity index (χ0) is 17.1. The van der Waals surface area contributed by atoms with E-state index in [0.29, 0.717) is 11.6 Å². The molecule has 2 aromatic carbocycles. The Kier molecular flexibility index (Phi) is 4.61. The molecule has 1 aliphatic rings. The van der Waals surface area contributed by atoms with E-state index >= 15 is 0 Å². The van der Waals surface area contributed by atoms with Gasteiger partial charge >= 0.3 is 0 Å². The molecule has 0 unspecified atom stereocenters. The molecule has 1 aromatic heterocycles. The molecule has 0 amide bonds. The number of pyridine rings is 1. The molecule has 25 heavy (non-hydrogen) atoms. The summed E-state index contributed by atoms with van der Waals surface area (Å²) < 4.78 is 0. The maximum atomic E-state index is 6.04. The van der Waals surface area contributed by atoms with Crippen LogP contribution in [0.1, 0.15) is 18.4 Å². The molecule has 0 N–H and O–H groups in total. The summed E-state index contributed by atoms with van der Waals surface area (Å²) in [5.74, 6) is 0. The first-order valence-corrected chi connectivity index (χ1v) is 8.94. The molecule has 4 rings (SSSR count). The van der Waals surface area contributed by atoms with Crippen LogP contribution < -0.4 is 4.90 Å². The van der Waals surface area contributed by atoms with E-state index in [1.165, 1.54) is 24.1 Å². The number of benzene rings is 2. The Hall–Kier alpha value is -2.46. The average molecular weight is 351 g/mol. The van der Waals surface area contributed by atoms with E-state index in [0.717, 1.165) is 29.7 Å². The Morgan fingerprint density at radius 2 is 1.88 bits per heavy atom. The second-order valence-electron chi connectivity index (χ2n) is 6.21. The molecule has 1 aliphatic heterocycles. The quantitative estimate of drug-likeness (QED) is 0.560. The Balaban J connectivity index is 1.58. The largest absolute Gasteiger partial charge is 0.371 e. The normalized spacial score (nSPS) is 14.7. The predicted molar refractivity (Wildman–Crippen MR) is 103 cm³/mol. The van der Waals surface area contributed by atoms with Gasteiger partial charge in [0.05, 0.1) is 17.7 Å². The van der Waals surface area contributed by atoms with Crippen LogP contribution in [0.4, 0.5) is 11.4 Å². The van der Waals surface area contributed by atoms with Crippen molar-refractivity contribution in [3.63, 3.8) is 0 Å². The van der Waals surface area contributed by atoms with Gasteiger partial charge in [-0.3, -0.25) is 4.98 Å². The second kappa shape index (κ2) is 7.19. The summed E-state index contributed by atoms with van der Waals surface area (Å²) in [6.07, 6.45) is 4.27. The molecule has 5 heteroatoms. The molecule has 126 valence electrons. The van der Waals surface area contributed by atoms with Crippen molar-refractivity contribution in [3.05, 3.63) is 65.3 Å². The van der Waals surface area contributed by atoms with Gasteiger partial charge in [-0.05, 0) is 48.7 Å². The lowest BCUT2D eigenvalue weighted by molar-refractivity contribution is 0.914. The topological polar surface area (TPSA) is 40.9 Å². The maximum absolute atomic E-state index is 6.04. The molecular formula is C20H19ClN4. The number of fused-ring (bicyclic) bond motifs is 1. The van der Waals surface area contributed by atoms with Gasteiger partial charge < -0.3 is 4.90 Å². The highest BCUT2D eigenvalue weighted by Crippen LogP contribution is 2.28. The van der Waals surface area contributed by atoms with E-state index in [1.54, 1.807) is 6.20 Å². The third kappa shape index (κ3) is 3.49. The third-order valence-electron chi connectivity index (χ3n) is 4.54. The minimum atomic E-state index is 0.573. The van der Waals surface area contributed by atoms with Crippen molar-refractivity contribution in [2.45, 2.75) is 19.4 Å². The van der Waals surface area contributed by atoms with E-state index in [9.17, 15) is 0 Å². The Morgan fingerprint density at radius 1 is 1.04 bits per heavy atom. The van der Waals surface area contributed by atoms with Gasteiger partial charge in [0.25, 0.3) is 0 Å². The summed E-state index contributed by atoms with van der Waals surface area (Å²) in [5.41, 5.74) is 4.15. The van der Waals surface area contributed by atoms with Crippen molar-refractivity contribution in [2.24, 2.45) is 10.2 Å². The van der Waals surface area contributed by atoms with Crippen LogP contribution in [0.3, 0.4) is 0 Å². The van der Waals surface area contributed by atoms with Gasteiger partial charge in [-0.1, -0.05) is 29.8 Å². The number of hydrogen-bond donors (Lipinski definition) is 0. The zero-order valence-electron chi connectivity index (χ0n) is 13.9. The smallest absolute Gasteiger partial charge is 0.0961 e. The van der Waals surface area contributed by atoms with E-state index in [1.807, 2.05) is 24.3 Å². The molecule has 0 atom stereocenters. The van der Waals surface area contributed by atoms with Crippen LogP contribution in [0.5, 0.6) is 0 Å².